The van der Waals surface area contributed by atoms with Gasteiger partial charge in [-0.3, -0.25) is 4.79 Å². The van der Waals surface area contributed by atoms with Crippen LogP contribution in [0, 0.1) is 0 Å². The van der Waals surface area contributed by atoms with Crippen LogP contribution < -0.4 is 5.32 Å². The molecule has 2 unspecified atom stereocenters. The van der Waals surface area contributed by atoms with Gasteiger partial charge in [0.2, 0.25) is 0 Å². The molecule has 0 bridgehead atoms. The lowest BCUT2D eigenvalue weighted by Gasteiger charge is -2.21. The first-order valence-corrected chi connectivity index (χ1v) is 9.01. The molecule has 0 saturated heterocycles. The maximum Gasteiger partial charge on any atom is 0.407 e. The summed E-state index contributed by atoms with van der Waals surface area (Å²) in [7, 11) is 0. The molecule has 3 rings (SSSR count). The van der Waals surface area contributed by atoms with Crippen molar-refractivity contribution in [1.82, 2.24) is 5.32 Å². The van der Waals surface area contributed by atoms with Gasteiger partial charge in [0.25, 0.3) is 0 Å². The number of amides is 1. The van der Waals surface area contributed by atoms with E-state index >= 15 is 0 Å². The average molecular weight is 369 g/mol. The number of carbonyl (C=O) groups excluding carboxylic acids is 2. The van der Waals surface area contributed by atoms with E-state index in [1.807, 2.05) is 36.4 Å². The standard InChI is InChI=1S/C21H23NO5/c23-18-8-4-7-15-9-10-16(11-17(15)18)20(25)19(24)12-22-21(26)27-13-14-5-2-1-3-6-14/h1-3,5-6,9-11,19-20,24-25H,4,7-8,12-13H2,(H,22,26). The monoisotopic (exact) mass is 369 g/mol. The predicted molar refractivity (Wildman–Crippen MR) is 99.3 cm³/mol. The van der Waals surface area contributed by atoms with Crippen molar-refractivity contribution in [2.24, 2.45) is 0 Å². The van der Waals surface area contributed by atoms with E-state index in [1.54, 1.807) is 12.1 Å². The molecule has 2 aromatic carbocycles. The lowest BCUT2D eigenvalue weighted by Crippen LogP contribution is -2.35. The summed E-state index contributed by atoms with van der Waals surface area (Å²) >= 11 is 0. The van der Waals surface area contributed by atoms with Gasteiger partial charge in [0, 0.05) is 18.5 Å². The van der Waals surface area contributed by atoms with E-state index in [0.29, 0.717) is 17.5 Å². The zero-order valence-corrected chi connectivity index (χ0v) is 14.9. The molecule has 0 spiro atoms. The van der Waals surface area contributed by atoms with Crippen molar-refractivity contribution in [3.05, 3.63) is 70.8 Å². The van der Waals surface area contributed by atoms with E-state index in [9.17, 15) is 19.8 Å². The van der Waals surface area contributed by atoms with E-state index < -0.39 is 18.3 Å². The molecule has 0 fully saturated rings. The zero-order valence-electron chi connectivity index (χ0n) is 14.9. The van der Waals surface area contributed by atoms with Crippen LogP contribution >= 0.6 is 0 Å². The Morgan fingerprint density at radius 3 is 2.67 bits per heavy atom. The van der Waals surface area contributed by atoms with Crippen LogP contribution in [0.25, 0.3) is 0 Å². The molecule has 6 nitrogen and oxygen atoms in total. The molecule has 2 atom stereocenters. The highest BCUT2D eigenvalue weighted by Crippen LogP contribution is 2.26. The predicted octanol–water partition coefficient (Wildman–Crippen LogP) is 2.53. The molecule has 2 aromatic rings. The number of ketones is 1. The largest absolute Gasteiger partial charge is 0.445 e. The number of aryl methyl sites for hydroxylation is 1. The summed E-state index contributed by atoms with van der Waals surface area (Å²) in [4.78, 5) is 23.8. The van der Waals surface area contributed by atoms with Crippen molar-refractivity contribution < 1.29 is 24.5 Å². The fourth-order valence-corrected chi connectivity index (χ4v) is 3.13. The van der Waals surface area contributed by atoms with Crippen molar-refractivity contribution in [2.75, 3.05) is 6.54 Å². The van der Waals surface area contributed by atoms with Crippen molar-refractivity contribution in [2.45, 2.75) is 38.1 Å². The second kappa shape index (κ2) is 8.79. The Bertz CT molecular complexity index is 805. The molecule has 1 aliphatic carbocycles. The quantitative estimate of drug-likeness (QED) is 0.727. The number of carbonyl (C=O) groups is 2. The van der Waals surface area contributed by atoms with E-state index in [2.05, 4.69) is 5.32 Å². The van der Waals surface area contributed by atoms with E-state index in [1.165, 1.54) is 0 Å². The minimum Gasteiger partial charge on any atom is -0.445 e. The Labute approximate surface area is 157 Å². The molecule has 1 aliphatic rings. The number of Topliss-reactive ketones (excluding diaryl/α,β-unsaturated/α-hetero) is 1. The van der Waals surface area contributed by atoms with Gasteiger partial charge in [0.15, 0.2) is 5.78 Å². The summed E-state index contributed by atoms with van der Waals surface area (Å²) < 4.78 is 5.06. The van der Waals surface area contributed by atoms with Gasteiger partial charge in [-0.1, -0.05) is 42.5 Å². The molecular formula is C21H23NO5. The highest BCUT2D eigenvalue weighted by molar-refractivity contribution is 5.98. The number of ether oxygens (including phenoxy) is 1. The van der Waals surface area contributed by atoms with Crippen LogP contribution in [0.1, 0.15) is 46.0 Å². The lowest BCUT2D eigenvalue weighted by atomic mass is 9.88. The lowest BCUT2D eigenvalue weighted by molar-refractivity contribution is 0.0183. The Balaban J connectivity index is 1.51. The summed E-state index contributed by atoms with van der Waals surface area (Å²) in [5.74, 6) is 0.0578. The minimum atomic E-state index is -1.22. The number of alkyl carbamates (subject to hydrolysis) is 1. The van der Waals surface area contributed by atoms with Gasteiger partial charge in [-0.05, 0) is 35.6 Å². The Morgan fingerprint density at radius 2 is 1.89 bits per heavy atom. The smallest absolute Gasteiger partial charge is 0.407 e. The molecule has 0 aromatic heterocycles. The summed E-state index contributed by atoms with van der Waals surface area (Å²) in [6.45, 7) is -0.0436. The van der Waals surface area contributed by atoms with Crippen LogP contribution in [0.5, 0.6) is 0 Å². The second-order valence-corrected chi connectivity index (χ2v) is 6.65. The number of rotatable bonds is 6. The Hall–Kier alpha value is -2.70. The third kappa shape index (κ3) is 4.93. The summed E-state index contributed by atoms with van der Waals surface area (Å²) in [6, 6.07) is 14.4. The maximum absolute atomic E-state index is 12.0. The van der Waals surface area contributed by atoms with Gasteiger partial charge < -0.3 is 20.3 Å². The Kier molecular flexibility index (Phi) is 6.21. The second-order valence-electron chi connectivity index (χ2n) is 6.65. The fraction of sp³-hybridized carbons (Fsp3) is 0.333. The molecular weight excluding hydrogens is 346 g/mol. The first kappa shape index (κ1) is 19.1. The number of fused-ring (bicyclic) bond motifs is 1. The zero-order chi connectivity index (χ0) is 19.2. The first-order valence-electron chi connectivity index (χ1n) is 9.01. The van der Waals surface area contributed by atoms with Gasteiger partial charge >= 0.3 is 6.09 Å². The minimum absolute atomic E-state index is 0.0578. The number of aliphatic hydroxyl groups excluding tert-OH is 2. The Morgan fingerprint density at radius 1 is 1.11 bits per heavy atom. The molecule has 0 saturated carbocycles. The number of aliphatic hydroxyl groups is 2. The molecule has 27 heavy (non-hydrogen) atoms. The van der Waals surface area contributed by atoms with Crippen LogP contribution in [-0.4, -0.2) is 34.7 Å². The highest BCUT2D eigenvalue weighted by atomic mass is 16.5. The van der Waals surface area contributed by atoms with Gasteiger partial charge in [0.1, 0.15) is 18.8 Å². The third-order valence-corrected chi connectivity index (χ3v) is 4.66. The number of hydrogen-bond acceptors (Lipinski definition) is 5. The van der Waals surface area contributed by atoms with Crippen LogP contribution in [0.2, 0.25) is 0 Å². The maximum atomic E-state index is 12.0. The molecule has 3 N–H and O–H groups in total. The van der Waals surface area contributed by atoms with Crippen LogP contribution in [0.3, 0.4) is 0 Å². The van der Waals surface area contributed by atoms with E-state index in [4.69, 9.17) is 4.74 Å². The average Bonchev–Trinajstić information content (AvgIpc) is 2.70. The number of nitrogens with one attached hydrogen (secondary N) is 1. The normalized spacial score (nSPS) is 15.6. The SMILES string of the molecule is O=C(NCC(O)C(O)c1ccc2c(c1)C(=O)CCC2)OCc1ccccc1. The summed E-state index contributed by atoms with van der Waals surface area (Å²) in [5.41, 5.74) is 2.89. The fourth-order valence-electron chi connectivity index (χ4n) is 3.13. The summed E-state index contributed by atoms with van der Waals surface area (Å²) in [6.07, 6.45) is -0.916. The number of hydrogen-bond donors (Lipinski definition) is 3. The molecule has 0 radical (unpaired) electrons. The van der Waals surface area contributed by atoms with Gasteiger partial charge in [-0.2, -0.15) is 0 Å². The molecule has 142 valence electrons. The van der Waals surface area contributed by atoms with Gasteiger partial charge in [-0.25, -0.2) is 4.79 Å². The van der Waals surface area contributed by atoms with Gasteiger partial charge in [-0.15, -0.1) is 0 Å². The van der Waals surface area contributed by atoms with E-state index in [0.717, 1.165) is 24.0 Å². The number of benzene rings is 2. The highest BCUT2D eigenvalue weighted by Gasteiger charge is 2.23. The summed E-state index contributed by atoms with van der Waals surface area (Å²) in [5, 5.41) is 23.0. The van der Waals surface area contributed by atoms with Crippen molar-refractivity contribution in [3.63, 3.8) is 0 Å². The molecule has 0 aliphatic heterocycles. The van der Waals surface area contributed by atoms with Crippen LogP contribution in [0.15, 0.2) is 48.5 Å². The topological polar surface area (TPSA) is 95.9 Å². The van der Waals surface area contributed by atoms with Crippen molar-refractivity contribution in [3.8, 4) is 0 Å². The van der Waals surface area contributed by atoms with Crippen molar-refractivity contribution in [1.29, 1.82) is 0 Å². The van der Waals surface area contributed by atoms with E-state index in [-0.39, 0.29) is 18.9 Å². The van der Waals surface area contributed by atoms with Gasteiger partial charge in [0.05, 0.1) is 0 Å². The third-order valence-electron chi connectivity index (χ3n) is 4.66. The molecule has 6 heteroatoms. The molecule has 1 amide bonds. The van der Waals surface area contributed by atoms with Crippen molar-refractivity contribution >= 4 is 11.9 Å². The van der Waals surface area contributed by atoms with Crippen LogP contribution in [0.4, 0.5) is 4.79 Å². The van der Waals surface area contributed by atoms with Crippen LogP contribution in [-0.2, 0) is 17.8 Å². The molecule has 0 heterocycles. The first-order chi connectivity index (χ1) is 13.0.